The highest BCUT2D eigenvalue weighted by atomic mass is 32.5. The number of H-pyrrole nitrogens is 1. The third-order valence-electron chi connectivity index (χ3n) is 6.99. The number of aromatic amines is 1. The summed E-state index contributed by atoms with van der Waals surface area (Å²) in [6, 6.07) is 0.559. The summed E-state index contributed by atoms with van der Waals surface area (Å²) in [5.41, 5.74) is 4.72. The first kappa shape index (κ1) is 29.6. The second-order valence-corrected chi connectivity index (χ2v) is 13.9. The van der Waals surface area contributed by atoms with Gasteiger partial charge in [-0.25, -0.2) is 28.3 Å². The minimum Gasteiger partial charge on any atom is -0.369 e. The Morgan fingerprint density at radius 3 is 2.74 bits per heavy atom. The number of alkyl halides is 2. The van der Waals surface area contributed by atoms with Crippen LogP contribution in [0.1, 0.15) is 12.6 Å². The molecule has 17 nitrogen and oxygen atoms in total. The SMILES string of the molecule is Nc1nc2c(ncn2[C@@H]2O[C@@H]3COP(=O)(O)O[C@@H]4[C@@H](COP(O)(=S)O[C@@H]2[C@@H]3F)C[C@@H](Nc2ccncn2)[C@@H]4F)c(=O)[nH]1. The number of hydrogen-bond donors (Lipinski definition) is 5. The van der Waals surface area contributed by atoms with Gasteiger partial charge in [-0.2, -0.15) is 4.98 Å². The summed E-state index contributed by atoms with van der Waals surface area (Å²) in [6.45, 7) is -5.60. The van der Waals surface area contributed by atoms with Crippen LogP contribution in [-0.4, -0.2) is 89.2 Å². The largest absolute Gasteiger partial charge is 0.472 e. The number of aromatic nitrogens is 6. The summed E-state index contributed by atoms with van der Waals surface area (Å²) in [6.07, 6.45) is -6.43. The topological polar surface area (TPSA) is 231 Å². The number of nitrogens with two attached hydrogens (primary N) is 1. The fourth-order valence-corrected chi connectivity index (χ4v) is 7.55. The number of ether oxygens (including phenoxy) is 1. The summed E-state index contributed by atoms with van der Waals surface area (Å²) in [5.74, 6) is -0.892. The lowest BCUT2D eigenvalue weighted by atomic mass is 10.1. The van der Waals surface area contributed by atoms with Gasteiger partial charge in [0.05, 0.1) is 25.6 Å². The first-order chi connectivity index (χ1) is 19.9. The third kappa shape index (κ3) is 5.84. The van der Waals surface area contributed by atoms with Gasteiger partial charge in [-0.1, -0.05) is 0 Å². The van der Waals surface area contributed by atoms with Crippen molar-refractivity contribution in [1.82, 2.24) is 29.5 Å². The molecule has 0 amide bonds. The van der Waals surface area contributed by atoms with Gasteiger partial charge < -0.3 is 30.1 Å². The highest BCUT2D eigenvalue weighted by Gasteiger charge is 2.53. The molecule has 6 rings (SSSR count). The fraction of sp³-hybridized carbons (Fsp3) is 0.550. The monoisotopic (exact) mass is 652 g/mol. The number of phosphoric acid groups is 1. The maximum absolute atomic E-state index is 15.7. The molecule has 3 fully saturated rings. The molecular weight excluding hydrogens is 628 g/mol. The Bertz CT molecular complexity index is 1620. The van der Waals surface area contributed by atoms with Crippen LogP contribution in [0.25, 0.3) is 11.2 Å². The molecule has 6 N–H and O–H groups in total. The summed E-state index contributed by atoms with van der Waals surface area (Å²) in [4.78, 5) is 51.6. The Morgan fingerprint density at radius 2 is 1.98 bits per heavy atom. The van der Waals surface area contributed by atoms with Crippen LogP contribution in [0.2, 0.25) is 0 Å². The third-order valence-corrected chi connectivity index (χ3v) is 9.53. The predicted octanol–water partition coefficient (Wildman–Crippen LogP) is 0.700. The van der Waals surface area contributed by atoms with Crippen molar-refractivity contribution in [2.24, 2.45) is 5.92 Å². The minimum atomic E-state index is -5.00. The van der Waals surface area contributed by atoms with Crippen LogP contribution in [0.15, 0.2) is 29.7 Å². The van der Waals surface area contributed by atoms with E-state index in [1.54, 1.807) is 0 Å². The van der Waals surface area contributed by atoms with Crippen LogP contribution < -0.4 is 16.6 Å². The molecule has 0 spiro atoms. The van der Waals surface area contributed by atoms with Crippen LogP contribution in [0.3, 0.4) is 0 Å². The van der Waals surface area contributed by atoms with Gasteiger partial charge in [-0.05, 0) is 24.3 Å². The molecule has 2 unspecified atom stereocenters. The van der Waals surface area contributed by atoms with E-state index in [-0.39, 0.29) is 23.5 Å². The van der Waals surface area contributed by atoms with Gasteiger partial charge in [-0.15, -0.1) is 0 Å². The summed E-state index contributed by atoms with van der Waals surface area (Å²) in [7, 11) is -5.00. The molecule has 2 saturated heterocycles. The zero-order valence-electron chi connectivity index (χ0n) is 21.2. The van der Waals surface area contributed by atoms with Gasteiger partial charge >= 0.3 is 14.5 Å². The zero-order chi connectivity index (χ0) is 29.8. The average molecular weight is 652 g/mol. The molecule has 1 aliphatic carbocycles. The number of fused-ring (bicyclic) bond motifs is 4. The van der Waals surface area contributed by atoms with Crippen LogP contribution in [0.5, 0.6) is 0 Å². The highest BCUT2D eigenvalue weighted by Crippen LogP contribution is 2.54. The molecule has 2 bridgehead atoms. The lowest BCUT2D eigenvalue weighted by Crippen LogP contribution is -2.34. The van der Waals surface area contributed by atoms with Crippen molar-refractivity contribution in [3.05, 3.63) is 35.3 Å². The van der Waals surface area contributed by atoms with Crippen molar-refractivity contribution >= 4 is 49.3 Å². The first-order valence-corrected chi connectivity index (χ1v) is 16.5. The molecule has 42 heavy (non-hydrogen) atoms. The second kappa shape index (κ2) is 11.2. The molecule has 22 heteroatoms. The fourth-order valence-electron chi connectivity index (χ4n) is 5.11. The normalized spacial score (nSPS) is 39.2. The Balaban J connectivity index is 1.29. The number of imidazole rings is 1. The van der Waals surface area contributed by atoms with Gasteiger partial charge in [0.15, 0.2) is 23.6 Å². The maximum atomic E-state index is 15.7. The van der Waals surface area contributed by atoms with Crippen molar-refractivity contribution in [2.45, 2.75) is 49.3 Å². The lowest BCUT2D eigenvalue weighted by molar-refractivity contribution is -0.0542. The first-order valence-electron chi connectivity index (χ1n) is 12.4. The molecule has 3 aromatic heterocycles. The van der Waals surface area contributed by atoms with E-state index >= 15 is 8.78 Å². The highest BCUT2D eigenvalue weighted by molar-refractivity contribution is 8.07. The Kier molecular flexibility index (Phi) is 7.88. The van der Waals surface area contributed by atoms with Crippen LogP contribution in [-0.2, 0) is 39.2 Å². The average Bonchev–Trinajstić information content (AvgIpc) is 3.57. The summed E-state index contributed by atoms with van der Waals surface area (Å²) < 4.78 is 72.3. The summed E-state index contributed by atoms with van der Waals surface area (Å²) >= 11 is 5.14. The number of hydrogen-bond acceptors (Lipinski definition) is 14. The van der Waals surface area contributed by atoms with Crippen molar-refractivity contribution < 1.29 is 46.0 Å². The van der Waals surface area contributed by atoms with E-state index in [0.717, 1.165) is 10.9 Å². The molecule has 1 saturated carbocycles. The van der Waals surface area contributed by atoms with Gasteiger partial charge in [0.1, 0.15) is 36.6 Å². The van der Waals surface area contributed by atoms with E-state index in [1.165, 1.54) is 18.6 Å². The van der Waals surface area contributed by atoms with Crippen LogP contribution in [0.4, 0.5) is 20.5 Å². The van der Waals surface area contributed by atoms with Crippen molar-refractivity contribution in [3.8, 4) is 0 Å². The van der Waals surface area contributed by atoms with E-state index in [4.69, 9.17) is 40.4 Å². The van der Waals surface area contributed by atoms with E-state index in [2.05, 4.69) is 30.2 Å². The van der Waals surface area contributed by atoms with Gasteiger partial charge in [-0.3, -0.25) is 27.9 Å². The Morgan fingerprint density at radius 1 is 1.17 bits per heavy atom. The minimum absolute atomic E-state index is 0.00262. The number of nitrogens with one attached hydrogen (secondary N) is 2. The van der Waals surface area contributed by atoms with Crippen molar-refractivity contribution in [2.75, 3.05) is 24.3 Å². The van der Waals surface area contributed by atoms with E-state index in [9.17, 15) is 19.1 Å². The van der Waals surface area contributed by atoms with Crippen LogP contribution >= 0.6 is 14.5 Å². The molecule has 10 atom stereocenters. The second-order valence-electron chi connectivity index (χ2n) is 9.74. The quantitative estimate of drug-likeness (QED) is 0.245. The van der Waals surface area contributed by atoms with Gasteiger partial charge in [0.2, 0.25) is 5.95 Å². The van der Waals surface area contributed by atoms with Gasteiger partial charge in [0.25, 0.3) is 5.56 Å². The molecule has 228 valence electrons. The van der Waals surface area contributed by atoms with E-state index in [0.29, 0.717) is 5.82 Å². The molecule has 3 aliphatic rings. The van der Waals surface area contributed by atoms with E-state index in [1.807, 2.05) is 0 Å². The van der Waals surface area contributed by atoms with Crippen molar-refractivity contribution in [3.63, 3.8) is 0 Å². The Labute approximate surface area is 239 Å². The molecule has 5 heterocycles. The van der Waals surface area contributed by atoms with Gasteiger partial charge in [0, 0.05) is 12.1 Å². The smallest absolute Gasteiger partial charge is 0.369 e. The number of phosphoric ester groups is 1. The summed E-state index contributed by atoms with van der Waals surface area (Å²) in [5, 5.41) is 2.87. The number of rotatable bonds is 3. The number of anilines is 2. The molecule has 2 aliphatic heterocycles. The molecule has 0 radical (unpaired) electrons. The van der Waals surface area contributed by atoms with Crippen LogP contribution in [0, 0.1) is 5.92 Å². The molecule has 3 aromatic rings. The lowest BCUT2D eigenvalue weighted by Gasteiger charge is -2.27. The molecule has 0 aromatic carbocycles. The predicted molar refractivity (Wildman–Crippen MR) is 142 cm³/mol. The standard InChI is InChI=1S/C20H24F2N8O9P2S/c21-12-9(27-11-1-2-24-6-25-11)3-8-4-36-41(34,42)39-16-13(22)10(5-35-40(32,33)38-15(8)12)37-19(16)30-7-26-14-17(30)28-20(23)29-18(14)31/h1-2,6-10,12-13,15-16,19H,3-5H2,(H,32,33)(H,34,42)(H,24,25,27)(H3,23,28,29,31)/t8-,9-,10-,12+,13-,15-,16-,19-,41?/m1/s1. The zero-order valence-corrected chi connectivity index (χ0v) is 23.8. The Hall–Kier alpha value is -2.51. The number of halogens is 2. The maximum Gasteiger partial charge on any atom is 0.472 e. The van der Waals surface area contributed by atoms with E-state index < -0.39 is 82.2 Å². The van der Waals surface area contributed by atoms with Crippen molar-refractivity contribution in [1.29, 1.82) is 0 Å². The molecular formula is C20H24F2N8O9P2S. The number of nitrogens with zero attached hydrogens (tertiary/aromatic N) is 5. The number of nitrogen functional groups attached to an aromatic ring is 1.